The number of aryl methyl sites for hydroxylation is 3. The summed E-state index contributed by atoms with van der Waals surface area (Å²) in [5.74, 6) is 0.403. The third-order valence-corrected chi connectivity index (χ3v) is 3.45. The quantitative estimate of drug-likeness (QED) is 0.921. The zero-order valence-electron chi connectivity index (χ0n) is 12.2. The molecule has 2 rings (SSSR count). The summed E-state index contributed by atoms with van der Waals surface area (Å²) in [6.45, 7) is 5.36. The van der Waals surface area contributed by atoms with Crippen molar-refractivity contribution >= 4 is 0 Å². The van der Waals surface area contributed by atoms with Gasteiger partial charge < -0.3 is 9.84 Å². The lowest BCUT2D eigenvalue weighted by molar-refractivity contribution is 0.214. The van der Waals surface area contributed by atoms with Crippen LogP contribution in [-0.4, -0.2) is 12.2 Å². The van der Waals surface area contributed by atoms with Crippen LogP contribution in [0.1, 0.15) is 33.9 Å². The van der Waals surface area contributed by atoms with Crippen molar-refractivity contribution in [3.8, 4) is 5.75 Å². The van der Waals surface area contributed by atoms with Crippen LogP contribution in [0, 0.1) is 26.6 Å². The van der Waals surface area contributed by atoms with Crippen LogP contribution >= 0.6 is 0 Å². The molecule has 0 bridgehead atoms. The normalized spacial score (nSPS) is 12.3. The number of aliphatic hydroxyl groups is 1. The highest BCUT2D eigenvalue weighted by Crippen LogP contribution is 2.32. The number of hydrogen-bond donors (Lipinski definition) is 1. The number of halogens is 1. The summed E-state index contributed by atoms with van der Waals surface area (Å²) in [6, 6.07) is 8.99. The van der Waals surface area contributed by atoms with E-state index in [1.165, 1.54) is 0 Å². The molecule has 3 heteroatoms. The van der Waals surface area contributed by atoms with Crippen molar-refractivity contribution in [3.05, 3.63) is 64.0 Å². The van der Waals surface area contributed by atoms with E-state index in [1.54, 1.807) is 33.1 Å². The van der Waals surface area contributed by atoms with Gasteiger partial charge in [0.1, 0.15) is 17.7 Å². The zero-order valence-corrected chi connectivity index (χ0v) is 12.2. The molecule has 20 heavy (non-hydrogen) atoms. The number of hydrogen-bond acceptors (Lipinski definition) is 2. The molecule has 106 valence electrons. The van der Waals surface area contributed by atoms with Crippen LogP contribution in [0.4, 0.5) is 4.39 Å². The first-order valence-electron chi connectivity index (χ1n) is 6.53. The van der Waals surface area contributed by atoms with E-state index in [1.807, 2.05) is 25.1 Å². The third-order valence-electron chi connectivity index (χ3n) is 3.45. The number of ether oxygens (including phenoxy) is 1. The molecule has 0 amide bonds. The van der Waals surface area contributed by atoms with Crippen LogP contribution in [0.25, 0.3) is 0 Å². The van der Waals surface area contributed by atoms with Gasteiger partial charge in [0.25, 0.3) is 0 Å². The highest BCUT2D eigenvalue weighted by molar-refractivity contribution is 5.44. The minimum atomic E-state index is -0.831. The summed E-state index contributed by atoms with van der Waals surface area (Å²) in [6.07, 6.45) is -0.831. The van der Waals surface area contributed by atoms with Gasteiger partial charge in [0.2, 0.25) is 0 Å². The molecule has 0 radical (unpaired) electrons. The number of rotatable bonds is 3. The van der Waals surface area contributed by atoms with Gasteiger partial charge in [0.15, 0.2) is 0 Å². The second kappa shape index (κ2) is 5.63. The fourth-order valence-corrected chi connectivity index (χ4v) is 2.38. The van der Waals surface area contributed by atoms with Crippen LogP contribution in [0.2, 0.25) is 0 Å². The number of aliphatic hydroxyl groups excluding tert-OH is 1. The highest BCUT2D eigenvalue weighted by atomic mass is 19.1. The molecule has 0 heterocycles. The lowest BCUT2D eigenvalue weighted by atomic mass is 9.96. The summed E-state index contributed by atoms with van der Waals surface area (Å²) in [5, 5.41) is 10.6. The van der Waals surface area contributed by atoms with Gasteiger partial charge in [0, 0.05) is 5.56 Å². The fourth-order valence-electron chi connectivity index (χ4n) is 2.38. The molecule has 0 saturated carbocycles. The lowest BCUT2D eigenvalue weighted by Crippen LogP contribution is -2.05. The van der Waals surface area contributed by atoms with Crippen LogP contribution in [-0.2, 0) is 0 Å². The van der Waals surface area contributed by atoms with Crippen molar-refractivity contribution in [1.29, 1.82) is 0 Å². The Morgan fingerprint density at radius 3 is 2.20 bits per heavy atom. The largest absolute Gasteiger partial charge is 0.496 e. The monoisotopic (exact) mass is 274 g/mol. The summed E-state index contributed by atoms with van der Waals surface area (Å²) in [5.41, 5.74) is 3.47. The minimum Gasteiger partial charge on any atom is -0.496 e. The minimum absolute atomic E-state index is 0.225. The van der Waals surface area contributed by atoms with E-state index in [9.17, 15) is 9.50 Å². The van der Waals surface area contributed by atoms with E-state index < -0.39 is 6.10 Å². The first-order chi connectivity index (χ1) is 9.43. The van der Waals surface area contributed by atoms with Crippen LogP contribution in [0.3, 0.4) is 0 Å². The van der Waals surface area contributed by atoms with Crippen LogP contribution in [0.15, 0.2) is 30.3 Å². The first kappa shape index (κ1) is 14.5. The van der Waals surface area contributed by atoms with E-state index in [0.717, 1.165) is 5.56 Å². The lowest BCUT2D eigenvalue weighted by Gasteiger charge is -2.17. The van der Waals surface area contributed by atoms with E-state index >= 15 is 0 Å². The van der Waals surface area contributed by atoms with E-state index in [4.69, 9.17) is 4.74 Å². The Morgan fingerprint density at radius 1 is 1.05 bits per heavy atom. The van der Waals surface area contributed by atoms with Crippen molar-refractivity contribution in [3.63, 3.8) is 0 Å². The Morgan fingerprint density at radius 2 is 1.65 bits per heavy atom. The average molecular weight is 274 g/mol. The molecular formula is C17H19FO2. The molecule has 0 spiro atoms. The highest BCUT2D eigenvalue weighted by Gasteiger charge is 2.17. The number of benzene rings is 2. The van der Waals surface area contributed by atoms with Gasteiger partial charge >= 0.3 is 0 Å². The molecule has 1 N–H and O–H groups in total. The Bertz CT molecular complexity index is 612. The summed E-state index contributed by atoms with van der Waals surface area (Å²) >= 11 is 0. The predicted octanol–water partition coefficient (Wildman–Crippen LogP) is 3.84. The van der Waals surface area contributed by atoms with E-state index in [-0.39, 0.29) is 5.82 Å². The van der Waals surface area contributed by atoms with Gasteiger partial charge in [-0.3, -0.25) is 0 Å². The van der Waals surface area contributed by atoms with Gasteiger partial charge in [0.05, 0.1) is 7.11 Å². The molecule has 0 aliphatic heterocycles. The molecule has 0 fully saturated rings. The van der Waals surface area contributed by atoms with Crippen molar-refractivity contribution in [2.24, 2.45) is 0 Å². The van der Waals surface area contributed by atoms with Gasteiger partial charge in [-0.25, -0.2) is 4.39 Å². The third kappa shape index (κ3) is 2.68. The molecule has 0 aliphatic carbocycles. The second-order valence-corrected chi connectivity index (χ2v) is 5.12. The standard InChI is InChI=1S/C17H19FO2/c1-10-5-6-15(20-4)14(7-10)17(19)13-8-11(2)16(18)12(3)9-13/h5-9,17,19H,1-4H3. The van der Waals surface area contributed by atoms with E-state index in [0.29, 0.717) is 28.0 Å². The molecular weight excluding hydrogens is 255 g/mol. The molecule has 2 aromatic carbocycles. The maximum absolute atomic E-state index is 13.7. The Hall–Kier alpha value is -1.87. The van der Waals surface area contributed by atoms with Crippen LogP contribution < -0.4 is 4.74 Å². The van der Waals surface area contributed by atoms with Crippen molar-refractivity contribution in [2.45, 2.75) is 26.9 Å². The second-order valence-electron chi connectivity index (χ2n) is 5.12. The molecule has 0 aliphatic rings. The van der Waals surface area contributed by atoms with Crippen molar-refractivity contribution in [2.75, 3.05) is 7.11 Å². The van der Waals surface area contributed by atoms with Gasteiger partial charge in [-0.1, -0.05) is 23.8 Å². The van der Waals surface area contributed by atoms with Crippen molar-refractivity contribution < 1.29 is 14.2 Å². The smallest absolute Gasteiger partial charge is 0.129 e. The van der Waals surface area contributed by atoms with E-state index in [2.05, 4.69) is 0 Å². The predicted molar refractivity (Wildman–Crippen MR) is 77.7 cm³/mol. The topological polar surface area (TPSA) is 29.5 Å². The van der Waals surface area contributed by atoms with Gasteiger partial charge in [-0.2, -0.15) is 0 Å². The molecule has 1 unspecified atom stereocenters. The first-order valence-corrected chi connectivity index (χ1v) is 6.53. The Kier molecular flexibility index (Phi) is 4.09. The van der Waals surface area contributed by atoms with Gasteiger partial charge in [-0.05, 0) is 49.6 Å². The van der Waals surface area contributed by atoms with Crippen LogP contribution in [0.5, 0.6) is 5.75 Å². The molecule has 0 saturated heterocycles. The summed E-state index contributed by atoms with van der Waals surface area (Å²) in [7, 11) is 1.57. The van der Waals surface area contributed by atoms with Gasteiger partial charge in [-0.15, -0.1) is 0 Å². The average Bonchev–Trinajstić information content (AvgIpc) is 2.43. The zero-order chi connectivity index (χ0) is 14.9. The SMILES string of the molecule is COc1ccc(C)cc1C(O)c1cc(C)c(F)c(C)c1. The molecule has 2 aromatic rings. The molecule has 2 nitrogen and oxygen atoms in total. The molecule has 1 atom stereocenters. The number of methoxy groups -OCH3 is 1. The Balaban J connectivity index is 2.51. The summed E-state index contributed by atoms with van der Waals surface area (Å²) in [4.78, 5) is 0. The maximum Gasteiger partial charge on any atom is 0.129 e. The van der Waals surface area contributed by atoms with Crippen molar-refractivity contribution in [1.82, 2.24) is 0 Å². The summed E-state index contributed by atoms with van der Waals surface area (Å²) < 4.78 is 19.0. The fraction of sp³-hybridized carbons (Fsp3) is 0.294. The molecule has 0 aromatic heterocycles. The Labute approximate surface area is 118 Å². The maximum atomic E-state index is 13.7.